The van der Waals surface area contributed by atoms with E-state index in [9.17, 15) is 4.79 Å². The van der Waals surface area contributed by atoms with Crippen LogP contribution in [0.1, 0.15) is 39.0 Å². The molecule has 0 atom stereocenters. The number of carbonyl (C=O) groups is 1. The number of hydrogen-bond donors (Lipinski definition) is 0. The maximum Gasteiger partial charge on any atom is 0.236 e. The summed E-state index contributed by atoms with van der Waals surface area (Å²) in [4.78, 5) is 16.6. The van der Waals surface area contributed by atoms with E-state index in [4.69, 9.17) is 4.74 Å². The highest BCUT2D eigenvalue weighted by Gasteiger charge is 2.24. The van der Waals surface area contributed by atoms with E-state index in [2.05, 4.69) is 11.8 Å². The molecule has 104 valence electrons. The van der Waals surface area contributed by atoms with Gasteiger partial charge in [-0.2, -0.15) is 0 Å². The molecule has 0 aromatic rings. The average molecular weight is 254 g/mol. The smallest absolute Gasteiger partial charge is 0.236 e. The maximum atomic E-state index is 12.2. The zero-order chi connectivity index (χ0) is 12.8. The van der Waals surface area contributed by atoms with Crippen molar-refractivity contribution in [3.8, 4) is 0 Å². The SMILES string of the molecule is CCN(CC(=O)N1CCOCC1)C1CCCCC1. The van der Waals surface area contributed by atoms with Crippen LogP contribution in [-0.4, -0.2) is 61.1 Å². The quantitative estimate of drug-likeness (QED) is 0.762. The van der Waals surface area contributed by atoms with Gasteiger partial charge in [0, 0.05) is 19.1 Å². The van der Waals surface area contributed by atoms with Crippen LogP contribution in [0.15, 0.2) is 0 Å². The molecule has 0 spiro atoms. The standard InChI is InChI=1S/C14H26N2O2/c1-2-15(13-6-4-3-5-7-13)12-14(17)16-8-10-18-11-9-16/h13H,2-12H2,1H3. The molecule has 0 radical (unpaired) electrons. The van der Waals surface area contributed by atoms with Gasteiger partial charge in [-0.3, -0.25) is 9.69 Å². The Bertz CT molecular complexity index is 259. The van der Waals surface area contributed by atoms with Gasteiger partial charge in [0.25, 0.3) is 0 Å². The van der Waals surface area contributed by atoms with Gasteiger partial charge in [0.1, 0.15) is 0 Å². The fraction of sp³-hybridized carbons (Fsp3) is 0.929. The van der Waals surface area contributed by atoms with Gasteiger partial charge in [-0.1, -0.05) is 26.2 Å². The molecule has 0 unspecified atom stereocenters. The van der Waals surface area contributed by atoms with Crippen LogP contribution in [-0.2, 0) is 9.53 Å². The van der Waals surface area contributed by atoms with Crippen LogP contribution in [0.4, 0.5) is 0 Å². The van der Waals surface area contributed by atoms with Crippen molar-refractivity contribution in [2.24, 2.45) is 0 Å². The van der Waals surface area contributed by atoms with Crippen LogP contribution in [0.2, 0.25) is 0 Å². The molecule has 4 nitrogen and oxygen atoms in total. The van der Waals surface area contributed by atoms with Crippen molar-refractivity contribution in [3.63, 3.8) is 0 Å². The van der Waals surface area contributed by atoms with Gasteiger partial charge < -0.3 is 9.64 Å². The van der Waals surface area contributed by atoms with Crippen LogP contribution in [0.5, 0.6) is 0 Å². The number of carbonyl (C=O) groups excluding carboxylic acids is 1. The fourth-order valence-corrected chi connectivity index (χ4v) is 3.03. The molecule has 0 N–H and O–H groups in total. The molecule has 1 heterocycles. The third-order valence-electron chi connectivity index (χ3n) is 4.20. The van der Waals surface area contributed by atoms with E-state index in [1.54, 1.807) is 0 Å². The monoisotopic (exact) mass is 254 g/mol. The Kier molecular flexibility index (Phi) is 5.45. The number of ether oxygens (including phenoxy) is 1. The molecule has 0 bridgehead atoms. The molecule has 1 aliphatic carbocycles. The topological polar surface area (TPSA) is 32.8 Å². The van der Waals surface area contributed by atoms with E-state index < -0.39 is 0 Å². The zero-order valence-corrected chi connectivity index (χ0v) is 11.6. The first-order valence-electron chi connectivity index (χ1n) is 7.41. The lowest BCUT2D eigenvalue weighted by atomic mass is 9.94. The molecule has 1 saturated carbocycles. The molecule has 1 saturated heterocycles. The van der Waals surface area contributed by atoms with Gasteiger partial charge in [-0.15, -0.1) is 0 Å². The summed E-state index contributed by atoms with van der Waals surface area (Å²) >= 11 is 0. The summed E-state index contributed by atoms with van der Waals surface area (Å²) in [6.45, 7) is 6.67. The van der Waals surface area contributed by atoms with E-state index >= 15 is 0 Å². The summed E-state index contributed by atoms with van der Waals surface area (Å²) in [6, 6.07) is 0.633. The molecule has 2 rings (SSSR count). The number of hydrogen-bond acceptors (Lipinski definition) is 3. The second-order valence-corrected chi connectivity index (χ2v) is 5.35. The van der Waals surface area contributed by atoms with Gasteiger partial charge >= 0.3 is 0 Å². The predicted molar refractivity (Wildman–Crippen MR) is 71.5 cm³/mol. The minimum atomic E-state index is 0.283. The lowest BCUT2D eigenvalue weighted by Gasteiger charge is -2.35. The Balaban J connectivity index is 1.82. The Labute approximate surface area is 110 Å². The van der Waals surface area contributed by atoms with Crippen molar-refractivity contribution < 1.29 is 9.53 Å². The van der Waals surface area contributed by atoms with Crippen molar-refractivity contribution in [2.45, 2.75) is 45.1 Å². The van der Waals surface area contributed by atoms with Gasteiger partial charge in [0.15, 0.2) is 0 Å². The second-order valence-electron chi connectivity index (χ2n) is 5.35. The van der Waals surface area contributed by atoms with Gasteiger partial charge in [-0.05, 0) is 19.4 Å². The molecular weight excluding hydrogens is 228 g/mol. The Morgan fingerprint density at radius 3 is 2.50 bits per heavy atom. The van der Waals surface area contributed by atoms with Crippen molar-refractivity contribution in [1.29, 1.82) is 0 Å². The van der Waals surface area contributed by atoms with Gasteiger partial charge in [0.05, 0.1) is 19.8 Å². The number of morpholine rings is 1. The highest BCUT2D eigenvalue weighted by molar-refractivity contribution is 5.78. The van der Waals surface area contributed by atoms with E-state index in [1.807, 2.05) is 4.90 Å². The van der Waals surface area contributed by atoms with Gasteiger partial charge in [0.2, 0.25) is 5.91 Å². The molecule has 0 aromatic carbocycles. The minimum absolute atomic E-state index is 0.283. The number of likely N-dealkylation sites (N-methyl/N-ethyl adjacent to an activating group) is 1. The summed E-state index contributed by atoms with van der Waals surface area (Å²) in [5, 5.41) is 0. The molecule has 1 aliphatic heterocycles. The fourth-order valence-electron chi connectivity index (χ4n) is 3.03. The molecular formula is C14H26N2O2. The number of rotatable bonds is 4. The molecule has 2 fully saturated rings. The lowest BCUT2D eigenvalue weighted by Crippen LogP contribution is -2.48. The Hall–Kier alpha value is -0.610. The van der Waals surface area contributed by atoms with Gasteiger partial charge in [-0.25, -0.2) is 0 Å². The summed E-state index contributed by atoms with van der Waals surface area (Å²) in [5.74, 6) is 0.283. The highest BCUT2D eigenvalue weighted by atomic mass is 16.5. The van der Waals surface area contributed by atoms with E-state index in [0.29, 0.717) is 25.8 Å². The summed E-state index contributed by atoms with van der Waals surface area (Å²) in [7, 11) is 0. The van der Waals surface area contributed by atoms with E-state index in [0.717, 1.165) is 19.6 Å². The van der Waals surface area contributed by atoms with Crippen LogP contribution in [0.25, 0.3) is 0 Å². The predicted octanol–water partition coefficient (Wildman–Crippen LogP) is 1.50. The first-order valence-corrected chi connectivity index (χ1v) is 7.41. The zero-order valence-electron chi connectivity index (χ0n) is 11.6. The van der Waals surface area contributed by atoms with Crippen molar-refractivity contribution in [2.75, 3.05) is 39.4 Å². The highest BCUT2D eigenvalue weighted by Crippen LogP contribution is 2.22. The van der Waals surface area contributed by atoms with Crippen LogP contribution < -0.4 is 0 Å². The van der Waals surface area contributed by atoms with E-state index in [-0.39, 0.29) is 5.91 Å². The first-order chi connectivity index (χ1) is 8.81. The third kappa shape index (κ3) is 3.69. The van der Waals surface area contributed by atoms with Crippen LogP contribution in [0, 0.1) is 0 Å². The summed E-state index contributed by atoms with van der Waals surface area (Å²) < 4.78 is 5.29. The first kappa shape index (κ1) is 13.8. The van der Waals surface area contributed by atoms with E-state index in [1.165, 1.54) is 32.1 Å². The molecule has 4 heteroatoms. The molecule has 0 aromatic heterocycles. The summed E-state index contributed by atoms with van der Waals surface area (Å²) in [6.07, 6.45) is 6.56. The van der Waals surface area contributed by atoms with Crippen molar-refractivity contribution in [3.05, 3.63) is 0 Å². The summed E-state index contributed by atoms with van der Waals surface area (Å²) in [5.41, 5.74) is 0. The maximum absolute atomic E-state index is 12.2. The van der Waals surface area contributed by atoms with Crippen LogP contribution in [0.3, 0.4) is 0 Å². The lowest BCUT2D eigenvalue weighted by molar-refractivity contribution is -0.137. The molecule has 1 amide bonds. The van der Waals surface area contributed by atoms with Crippen molar-refractivity contribution in [1.82, 2.24) is 9.80 Å². The average Bonchev–Trinajstić information content (AvgIpc) is 2.46. The van der Waals surface area contributed by atoms with Crippen LogP contribution >= 0.6 is 0 Å². The number of nitrogens with zero attached hydrogens (tertiary/aromatic N) is 2. The largest absolute Gasteiger partial charge is 0.378 e. The second kappa shape index (κ2) is 7.10. The minimum Gasteiger partial charge on any atom is -0.378 e. The molecule has 18 heavy (non-hydrogen) atoms. The Morgan fingerprint density at radius 1 is 1.22 bits per heavy atom. The Morgan fingerprint density at radius 2 is 1.89 bits per heavy atom. The normalized spacial score (nSPS) is 22.4. The number of amides is 1. The third-order valence-corrected chi connectivity index (χ3v) is 4.20. The molecule has 2 aliphatic rings. The van der Waals surface area contributed by atoms with Crippen molar-refractivity contribution >= 4 is 5.91 Å².